The zero-order valence-electron chi connectivity index (χ0n) is 22.6. The molecule has 0 aliphatic carbocycles. The van der Waals surface area contributed by atoms with E-state index in [-0.39, 0.29) is 17.5 Å². The van der Waals surface area contributed by atoms with E-state index >= 15 is 0 Å². The maximum Gasteiger partial charge on any atom is 0.225 e. The second kappa shape index (κ2) is 14.0. The van der Waals surface area contributed by atoms with Crippen LogP contribution in [0.15, 0.2) is 41.3 Å². The van der Waals surface area contributed by atoms with Gasteiger partial charge in [0.2, 0.25) is 10.0 Å². The third kappa shape index (κ3) is 8.57. The van der Waals surface area contributed by atoms with Gasteiger partial charge in [0.25, 0.3) is 0 Å². The molecule has 0 spiro atoms. The highest BCUT2D eigenvalue weighted by atomic mass is 35.5. The SMILES string of the molecule is COc1ccc(CCC(C)C(=O)CCCCC[C@H](NS(=O)(=O)C2Cc3ccc(Cl)cc3S2)C(C)=O)cc1C. The third-order valence-electron chi connectivity index (χ3n) is 7.11. The van der Waals surface area contributed by atoms with Crippen LogP contribution in [0.25, 0.3) is 0 Å². The summed E-state index contributed by atoms with van der Waals surface area (Å²) >= 11 is 7.30. The van der Waals surface area contributed by atoms with E-state index in [1.54, 1.807) is 19.2 Å². The molecule has 208 valence electrons. The Hall–Kier alpha value is -1.87. The second-order valence-corrected chi connectivity index (χ2v) is 14.0. The first-order chi connectivity index (χ1) is 18.0. The Morgan fingerprint density at radius 3 is 2.58 bits per heavy atom. The van der Waals surface area contributed by atoms with Gasteiger partial charge in [-0.25, -0.2) is 13.1 Å². The molecule has 9 heteroatoms. The molecule has 0 fully saturated rings. The van der Waals surface area contributed by atoms with Crippen molar-refractivity contribution in [2.75, 3.05) is 7.11 Å². The number of hydrogen-bond acceptors (Lipinski definition) is 6. The van der Waals surface area contributed by atoms with E-state index in [1.165, 1.54) is 24.2 Å². The van der Waals surface area contributed by atoms with Gasteiger partial charge >= 0.3 is 0 Å². The fraction of sp³-hybridized carbons (Fsp3) is 0.517. The van der Waals surface area contributed by atoms with Crippen LogP contribution in [0.1, 0.15) is 69.1 Å². The highest BCUT2D eigenvalue weighted by Gasteiger charge is 2.35. The summed E-state index contributed by atoms with van der Waals surface area (Å²) in [5.74, 6) is 0.899. The average molecular weight is 580 g/mol. The van der Waals surface area contributed by atoms with Crippen molar-refractivity contribution in [3.8, 4) is 5.75 Å². The molecule has 3 atom stereocenters. The van der Waals surface area contributed by atoms with Crippen LogP contribution in [0.2, 0.25) is 5.02 Å². The van der Waals surface area contributed by atoms with Gasteiger partial charge in [-0.3, -0.25) is 9.59 Å². The fourth-order valence-electron chi connectivity index (χ4n) is 4.67. The van der Waals surface area contributed by atoms with Gasteiger partial charge in [-0.1, -0.05) is 49.6 Å². The van der Waals surface area contributed by atoms with E-state index in [4.69, 9.17) is 16.3 Å². The summed E-state index contributed by atoms with van der Waals surface area (Å²) in [4.78, 5) is 25.7. The molecule has 0 saturated carbocycles. The number of aryl methyl sites for hydroxylation is 2. The van der Waals surface area contributed by atoms with Crippen molar-refractivity contribution in [2.45, 2.75) is 87.7 Å². The lowest BCUT2D eigenvalue weighted by atomic mass is 9.93. The van der Waals surface area contributed by atoms with Crippen LogP contribution in [0.5, 0.6) is 5.75 Å². The maximum atomic E-state index is 13.0. The number of benzene rings is 2. The van der Waals surface area contributed by atoms with E-state index in [9.17, 15) is 18.0 Å². The lowest BCUT2D eigenvalue weighted by molar-refractivity contribution is -0.122. The number of ketones is 2. The molecule has 1 N–H and O–H groups in total. The smallest absolute Gasteiger partial charge is 0.225 e. The molecule has 2 aromatic rings. The lowest BCUT2D eigenvalue weighted by Gasteiger charge is -2.19. The Labute approximate surface area is 236 Å². The minimum atomic E-state index is -3.70. The van der Waals surface area contributed by atoms with Crippen LogP contribution in [-0.2, 0) is 32.5 Å². The van der Waals surface area contributed by atoms with E-state index in [0.29, 0.717) is 30.7 Å². The van der Waals surface area contributed by atoms with Crippen molar-refractivity contribution >= 4 is 45.0 Å². The largest absolute Gasteiger partial charge is 0.496 e. The van der Waals surface area contributed by atoms with Gasteiger partial charge in [-0.15, -0.1) is 11.8 Å². The van der Waals surface area contributed by atoms with E-state index < -0.39 is 20.6 Å². The summed E-state index contributed by atoms with van der Waals surface area (Å²) in [6, 6.07) is 10.8. The average Bonchev–Trinajstić information content (AvgIpc) is 3.30. The molecular formula is C29H38ClNO5S2. The third-order valence-corrected chi connectivity index (χ3v) is 10.9. The molecule has 0 saturated heterocycles. The molecule has 38 heavy (non-hydrogen) atoms. The number of rotatable bonds is 15. The number of ether oxygens (including phenoxy) is 1. The molecule has 0 amide bonds. The van der Waals surface area contributed by atoms with Gasteiger partial charge in [0.1, 0.15) is 21.9 Å². The number of Topliss-reactive ketones (excluding diaryl/α,β-unsaturated/α-hetero) is 2. The number of sulfonamides is 1. The number of halogens is 1. The zero-order valence-corrected chi connectivity index (χ0v) is 25.0. The predicted octanol–water partition coefficient (Wildman–Crippen LogP) is 6.30. The van der Waals surface area contributed by atoms with Gasteiger partial charge in [0.05, 0.1) is 13.2 Å². The maximum absolute atomic E-state index is 13.0. The Balaban J connectivity index is 1.39. The summed E-state index contributed by atoms with van der Waals surface area (Å²) in [5.41, 5.74) is 3.24. The minimum Gasteiger partial charge on any atom is -0.496 e. The normalized spacial score (nSPS) is 16.6. The first-order valence-electron chi connectivity index (χ1n) is 13.1. The van der Waals surface area contributed by atoms with Gasteiger partial charge in [0, 0.05) is 28.7 Å². The Kier molecular flexibility index (Phi) is 11.3. The van der Waals surface area contributed by atoms with Crippen molar-refractivity contribution in [3.63, 3.8) is 0 Å². The van der Waals surface area contributed by atoms with Crippen molar-refractivity contribution in [2.24, 2.45) is 5.92 Å². The summed E-state index contributed by atoms with van der Waals surface area (Å²) in [6.45, 7) is 5.41. The second-order valence-electron chi connectivity index (χ2n) is 10.1. The molecule has 2 aromatic carbocycles. The van der Waals surface area contributed by atoms with Crippen molar-refractivity contribution in [3.05, 3.63) is 58.1 Å². The quantitative estimate of drug-likeness (QED) is 0.249. The molecule has 3 rings (SSSR count). The van der Waals surface area contributed by atoms with Gasteiger partial charge < -0.3 is 4.74 Å². The fourth-order valence-corrected chi connectivity index (χ4v) is 8.17. The van der Waals surface area contributed by atoms with Crippen LogP contribution >= 0.6 is 23.4 Å². The van der Waals surface area contributed by atoms with Crippen LogP contribution in [-0.4, -0.2) is 37.7 Å². The topological polar surface area (TPSA) is 89.5 Å². The van der Waals surface area contributed by atoms with Crippen LogP contribution < -0.4 is 9.46 Å². The summed E-state index contributed by atoms with van der Waals surface area (Å²) in [5, 5.41) is 0.573. The van der Waals surface area contributed by atoms with Crippen LogP contribution in [0.3, 0.4) is 0 Å². The van der Waals surface area contributed by atoms with Gasteiger partial charge in [-0.05, 0) is 74.4 Å². The highest BCUT2D eigenvalue weighted by Crippen LogP contribution is 2.40. The number of fused-ring (bicyclic) bond motifs is 1. The van der Waals surface area contributed by atoms with Crippen molar-refractivity contribution < 1.29 is 22.7 Å². The molecule has 0 aromatic heterocycles. The van der Waals surface area contributed by atoms with E-state index in [1.807, 2.05) is 32.0 Å². The lowest BCUT2D eigenvalue weighted by Crippen LogP contribution is -2.43. The van der Waals surface area contributed by atoms with E-state index in [2.05, 4.69) is 10.8 Å². The number of thioether (sulfide) groups is 1. The minimum absolute atomic E-state index is 0.0166. The number of carbonyl (C=O) groups is 2. The number of hydrogen-bond donors (Lipinski definition) is 1. The molecule has 1 heterocycles. The standard InChI is InChI=1S/C29H38ClNO5S2/c1-19(10-11-22-12-15-27(36-4)20(2)16-22)26(33)9-7-5-6-8-25(21(3)32)31-38(34,35)29-17-23-13-14-24(30)18-28(23)37-29/h12-16,18-19,25,29,31H,5-11,17H2,1-4H3/t19?,25-,29?/m0/s1. The van der Waals surface area contributed by atoms with Gasteiger partial charge in [0.15, 0.2) is 0 Å². The van der Waals surface area contributed by atoms with Crippen molar-refractivity contribution in [1.82, 2.24) is 4.72 Å². The predicted molar refractivity (Wildman–Crippen MR) is 155 cm³/mol. The summed E-state index contributed by atoms with van der Waals surface area (Å²) in [7, 11) is -2.04. The van der Waals surface area contributed by atoms with Gasteiger partial charge in [-0.2, -0.15) is 0 Å². The van der Waals surface area contributed by atoms with E-state index in [0.717, 1.165) is 47.5 Å². The monoisotopic (exact) mass is 579 g/mol. The molecule has 0 bridgehead atoms. The molecule has 6 nitrogen and oxygen atoms in total. The number of methoxy groups -OCH3 is 1. The summed E-state index contributed by atoms with van der Waals surface area (Å²) < 4.78 is 33.3. The Bertz CT molecular complexity index is 1250. The number of nitrogens with one attached hydrogen (secondary N) is 1. The number of carbonyl (C=O) groups excluding carboxylic acids is 2. The van der Waals surface area contributed by atoms with Crippen LogP contribution in [0, 0.1) is 12.8 Å². The first-order valence-corrected chi connectivity index (χ1v) is 15.9. The zero-order chi connectivity index (χ0) is 27.9. The first kappa shape index (κ1) is 30.7. The Morgan fingerprint density at radius 1 is 1.13 bits per heavy atom. The van der Waals surface area contributed by atoms with Crippen molar-refractivity contribution in [1.29, 1.82) is 0 Å². The van der Waals surface area contributed by atoms with Crippen LogP contribution in [0.4, 0.5) is 0 Å². The molecule has 1 aliphatic rings. The number of unbranched alkanes of at least 4 members (excludes halogenated alkanes) is 2. The summed E-state index contributed by atoms with van der Waals surface area (Å²) in [6.07, 6.45) is 5.12. The molecule has 1 aliphatic heterocycles. The molecule has 0 radical (unpaired) electrons. The highest BCUT2D eigenvalue weighted by molar-refractivity contribution is 8.13. The molecular weight excluding hydrogens is 542 g/mol. The molecule has 2 unspecified atom stereocenters. The Morgan fingerprint density at radius 2 is 1.89 bits per heavy atom.